The van der Waals surface area contributed by atoms with E-state index in [1.165, 1.54) is 0 Å². The summed E-state index contributed by atoms with van der Waals surface area (Å²) in [5.74, 6) is 2.20. The van der Waals surface area contributed by atoms with Crippen LogP contribution in [0, 0.1) is 0 Å². The lowest BCUT2D eigenvalue weighted by Crippen LogP contribution is -2.06. The summed E-state index contributed by atoms with van der Waals surface area (Å²) < 4.78 is 12.7. The molecule has 96 valence electrons. The summed E-state index contributed by atoms with van der Waals surface area (Å²) in [6.07, 6.45) is 1.63. The summed E-state index contributed by atoms with van der Waals surface area (Å²) in [7, 11) is 3.48. The van der Waals surface area contributed by atoms with E-state index in [0.29, 0.717) is 18.9 Å². The van der Waals surface area contributed by atoms with E-state index in [2.05, 4.69) is 10.2 Å². The fraction of sp³-hybridized carbons (Fsp3) is 0.333. The molecule has 1 aromatic heterocycles. The number of ether oxygens (including phenoxy) is 2. The van der Waals surface area contributed by atoms with Gasteiger partial charge in [-0.3, -0.25) is 0 Å². The monoisotopic (exact) mass is 248 g/mol. The van der Waals surface area contributed by atoms with E-state index >= 15 is 0 Å². The number of aryl methyl sites for hydroxylation is 1. The number of hydrogen-bond donors (Lipinski definition) is 1. The number of benzene rings is 1. The number of aromatic nitrogens is 3. The molecule has 0 unspecified atom stereocenters. The zero-order valence-corrected chi connectivity index (χ0v) is 10.5. The predicted octanol–water partition coefficient (Wildman–Crippen LogP) is 0.861. The van der Waals surface area contributed by atoms with Crippen molar-refractivity contribution >= 4 is 0 Å². The van der Waals surface area contributed by atoms with Gasteiger partial charge in [0.15, 0.2) is 5.82 Å². The lowest BCUT2D eigenvalue weighted by molar-refractivity contribution is 0.286. The zero-order chi connectivity index (χ0) is 13.0. The van der Waals surface area contributed by atoms with Crippen molar-refractivity contribution in [2.45, 2.75) is 13.2 Å². The summed E-state index contributed by atoms with van der Waals surface area (Å²) in [4.78, 5) is 0. The first-order valence-electron chi connectivity index (χ1n) is 5.57. The van der Waals surface area contributed by atoms with Crippen LogP contribution in [-0.4, -0.2) is 21.9 Å². The van der Waals surface area contributed by atoms with Crippen LogP contribution in [0.15, 0.2) is 24.5 Å². The second-order valence-corrected chi connectivity index (χ2v) is 3.82. The van der Waals surface area contributed by atoms with Gasteiger partial charge in [-0.1, -0.05) is 6.07 Å². The minimum Gasteiger partial charge on any atom is -0.497 e. The van der Waals surface area contributed by atoms with Gasteiger partial charge < -0.3 is 19.8 Å². The third kappa shape index (κ3) is 2.60. The molecule has 18 heavy (non-hydrogen) atoms. The predicted molar refractivity (Wildman–Crippen MR) is 66.2 cm³/mol. The van der Waals surface area contributed by atoms with Gasteiger partial charge >= 0.3 is 0 Å². The van der Waals surface area contributed by atoms with Crippen LogP contribution < -0.4 is 15.2 Å². The van der Waals surface area contributed by atoms with Crippen molar-refractivity contribution in [2.24, 2.45) is 12.8 Å². The molecule has 0 amide bonds. The molecule has 0 atom stereocenters. The molecule has 0 saturated carbocycles. The number of hydrogen-bond acceptors (Lipinski definition) is 5. The molecule has 0 aliphatic carbocycles. The van der Waals surface area contributed by atoms with Crippen molar-refractivity contribution in [1.82, 2.24) is 14.8 Å². The molecular formula is C12H16N4O2. The Balaban J connectivity index is 2.14. The Morgan fingerprint density at radius 3 is 2.83 bits per heavy atom. The van der Waals surface area contributed by atoms with E-state index < -0.39 is 0 Å². The SMILES string of the molecule is COc1ccc(CN)c(OCc2nncn2C)c1. The summed E-state index contributed by atoms with van der Waals surface area (Å²) in [6.45, 7) is 0.759. The van der Waals surface area contributed by atoms with Crippen molar-refractivity contribution in [1.29, 1.82) is 0 Å². The average Bonchev–Trinajstić information content (AvgIpc) is 2.81. The number of nitrogens with two attached hydrogens (primary N) is 1. The molecule has 2 N–H and O–H groups in total. The van der Waals surface area contributed by atoms with Gasteiger partial charge in [-0.05, 0) is 6.07 Å². The Hall–Kier alpha value is -2.08. The molecule has 1 aromatic carbocycles. The van der Waals surface area contributed by atoms with Gasteiger partial charge in [-0.25, -0.2) is 0 Å². The van der Waals surface area contributed by atoms with E-state index in [-0.39, 0.29) is 0 Å². The van der Waals surface area contributed by atoms with Gasteiger partial charge in [0.05, 0.1) is 7.11 Å². The fourth-order valence-corrected chi connectivity index (χ4v) is 1.54. The van der Waals surface area contributed by atoms with E-state index in [9.17, 15) is 0 Å². The lowest BCUT2D eigenvalue weighted by atomic mass is 10.2. The Labute approximate surface area is 105 Å². The summed E-state index contributed by atoms with van der Waals surface area (Å²) in [6, 6.07) is 5.57. The van der Waals surface area contributed by atoms with Gasteiger partial charge in [0.1, 0.15) is 24.4 Å². The van der Waals surface area contributed by atoms with Crippen molar-refractivity contribution in [3.05, 3.63) is 35.9 Å². The van der Waals surface area contributed by atoms with E-state index in [1.54, 1.807) is 13.4 Å². The van der Waals surface area contributed by atoms with Crippen LogP contribution >= 0.6 is 0 Å². The maximum absolute atomic E-state index is 5.71. The smallest absolute Gasteiger partial charge is 0.170 e. The molecule has 6 heteroatoms. The third-order valence-electron chi connectivity index (χ3n) is 2.66. The standard InChI is InChI=1S/C12H16N4O2/c1-16-8-14-15-12(16)7-18-11-5-10(17-2)4-3-9(11)6-13/h3-5,8H,6-7,13H2,1-2H3. The van der Waals surface area contributed by atoms with Crippen LogP contribution in [-0.2, 0) is 20.2 Å². The molecule has 0 fully saturated rings. The maximum Gasteiger partial charge on any atom is 0.170 e. The first-order chi connectivity index (χ1) is 8.74. The van der Waals surface area contributed by atoms with Crippen molar-refractivity contribution in [3.63, 3.8) is 0 Å². The second-order valence-electron chi connectivity index (χ2n) is 3.82. The molecule has 0 aliphatic rings. The largest absolute Gasteiger partial charge is 0.497 e. The van der Waals surface area contributed by atoms with Gasteiger partial charge in [0.25, 0.3) is 0 Å². The van der Waals surface area contributed by atoms with Crippen molar-refractivity contribution < 1.29 is 9.47 Å². The van der Waals surface area contributed by atoms with Crippen molar-refractivity contribution in [3.8, 4) is 11.5 Å². The zero-order valence-electron chi connectivity index (χ0n) is 10.5. The molecule has 2 rings (SSSR count). The molecule has 0 radical (unpaired) electrons. The van der Waals surface area contributed by atoms with Crippen LogP contribution in [0.4, 0.5) is 0 Å². The highest BCUT2D eigenvalue weighted by Crippen LogP contribution is 2.25. The van der Waals surface area contributed by atoms with Crippen LogP contribution in [0.3, 0.4) is 0 Å². The number of nitrogens with zero attached hydrogens (tertiary/aromatic N) is 3. The highest BCUT2D eigenvalue weighted by molar-refractivity contribution is 5.40. The molecule has 0 aliphatic heterocycles. The molecule has 6 nitrogen and oxygen atoms in total. The normalized spacial score (nSPS) is 10.4. The molecule has 2 aromatic rings. The topological polar surface area (TPSA) is 75.2 Å². The molecule has 0 spiro atoms. The van der Waals surface area contributed by atoms with Crippen LogP contribution in [0.5, 0.6) is 11.5 Å². The van der Waals surface area contributed by atoms with E-state index in [0.717, 1.165) is 17.1 Å². The molecule has 0 bridgehead atoms. The second kappa shape index (κ2) is 5.50. The Bertz CT molecular complexity index is 525. The van der Waals surface area contributed by atoms with Crippen molar-refractivity contribution in [2.75, 3.05) is 7.11 Å². The summed E-state index contributed by atoms with van der Waals surface area (Å²) >= 11 is 0. The minimum absolute atomic E-state index is 0.344. The van der Waals surface area contributed by atoms with E-state index in [1.807, 2.05) is 29.8 Å². The van der Waals surface area contributed by atoms with Gasteiger partial charge in [-0.15, -0.1) is 10.2 Å². The van der Waals surface area contributed by atoms with Gasteiger partial charge in [-0.2, -0.15) is 0 Å². The first kappa shape index (κ1) is 12.4. The average molecular weight is 248 g/mol. The van der Waals surface area contributed by atoms with Crippen LogP contribution in [0.1, 0.15) is 11.4 Å². The molecular weight excluding hydrogens is 232 g/mol. The summed E-state index contributed by atoms with van der Waals surface area (Å²) in [5.41, 5.74) is 6.60. The maximum atomic E-state index is 5.71. The minimum atomic E-state index is 0.344. The van der Waals surface area contributed by atoms with Crippen LogP contribution in [0.25, 0.3) is 0 Å². The van der Waals surface area contributed by atoms with Gasteiger partial charge in [0, 0.05) is 25.2 Å². The quantitative estimate of drug-likeness (QED) is 0.849. The highest BCUT2D eigenvalue weighted by atomic mass is 16.5. The lowest BCUT2D eigenvalue weighted by Gasteiger charge is -2.11. The van der Waals surface area contributed by atoms with E-state index in [4.69, 9.17) is 15.2 Å². The fourth-order valence-electron chi connectivity index (χ4n) is 1.54. The Morgan fingerprint density at radius 1 is 1.39 bits per heavy atom. The van der Waals surface area contributed by atoms with Crippen LogP contribution in [0.2, 0.25) is 0 Å². The first-order valence-corrected chi connectivity index (χ1v) is 5.57. The summed E-state index contributed by atoms with van der Waals surface area (Å²) in [5, 5.41) is 7.75. The molecule has 1 heterocycles. The highest BCUT2D eigenvalue weighted by Gasteiger charge is 2.07. The third-order valence-corrected chi connectivity index (χ3v) is 2.66. The number of methoxy groups -OCH3 is 1. The Kier molecular flexibility index (Phi) is 3.78. The molecule has 0 saturated heterocycles. The Morgan fingerprint density at radius 2 is 2.22 bits per heavy atom. The van der Waals surface area contributed by atoms with Gasteiger partial charge in [0.2, 0.25) is 0 Å². The number of rotatable bonds is 5.